The summed E-state index contributed by atoms with van der Waals surface area (Å²) in [7, 11) is -4.04. The largest absolute Gasteiger partial charge is 0.494 e. The fourth-order valence-electron chi connectivity index (χ4n) is 4.13. The zero-order valence-electron chi connectivity index (χ0n) is 22.1. The zero-order chi connectivity index (χ0) is 27.7. The molecule has 4 rings (SSSR count). The number of hydrogen-bond donors (Lipinski definition) is 0. The van der Waals surface area contributed by atoms with E-state index in [1.165, 1.54) is 16.1 Å². The highest BCUT2D eigenvalue weighted by Gasteiger charge is 2.29. The van der Waals surface area contributed by atoms with Gasteiger partial charge >= 0.3 is 0 Å². The topological polar surface area (TPSA) is 66.9 Å². The van der Waals surface area contributed by atoms with E-state index in [1.807, 2.05) is 73.8 Å². The first kappa shape index (κ1) is 28.3. The molecule has 0 heterocycles. The van der Waals surface area contributed by atoms with Gasteiger partial charge in [0.05, 0.1) is 17.2 Å². The van der Waals surface area contributed by atoms with Gasteiger partial charge in [-0.1, -0.05) is 60.7 Å². The molecule has 0 aromatic heterocycles. The summed E-state index contributed by atoms with van der Waals surface area (Å²) >= 11 is 1.53. The van der Waals surface area contributed by atoms with Crippen molar-refractivity contribution >= 4 is 33.4 Å². The Morgan fingerprint density at radius 2 is 1.31 bits per heavy atom. The Hall–Kier alpha value is -3.75. The third-order valence-corrected chi connectivity index (χ3v) is 8.68. The molecule has 202 valence electrons. The maximum atomic E-state index is 13.9. The number of thioether (sulfide) groups is 1. The van der Waals surface area contributed by atoms with Crippen LogP contribution in [0.2, 0.25) is 0 Å². The van der Waals surface area contributed by atoms with E-state index in [1.54, 1.807) is 53.4 Å². The Morgan fingerprint density at radius 3 is 1.79 bits per heavy atom. The quantitative estimate of drug-likeness (QED) is 0.192. The minimum absolute atomic E-state index is 0.125. The zero-order valence-corrected chi connectivity index (χ0v) is 23.7. The number of carbonyl (C=O) groups excluding carboxylic acids is 1. The monoisotopic (exact) mass is 560 g/mol. The van der Waals surface area contributed by atoms with E-state index < -0.39 is 10.0 Å². The second-order valence-corrected chi connectivity index (χ2v) is 11.6. The Balaban J connectivity index is 1.69. The average Bonchev–Trinajstić information content (AvgIpc) is 2.97. The molecule has 0 bridgehead atoms. The van der Waals surface area contributed by atoms with Crippen LogP contribution in [0.15, 0.2) is 119 Å². The van der Waals surface area contributed by atoms with Crippen molar-refractivity contribution in [2.45, 2.75) is 29.8 Å². The molecule has 0 aliphatic heterocycles. The standard InChI is InChI=1S/C31H32N2O4S2/c1-3-37-28-16-14-27(15-17-28)33(39(35,36)30-20-18-29(38-2)19-21-30)24-31(34)32(22-25-10-6-4-7-11-25)23-26-12-8-5-9-13-26/h4-21H,3,22-24H2,1-2H3. The summed E-state index contributed by atoms with van der Waals surface area (Å²) in [6.07, 6.45) is 1.93. The molecule has 4 aromatic carbocycles. The molecule has 4 aromatic rings. The third kappa shape index (κ3) is 7.43. The first-order valence-corrected chi connectivity index (χ1v) is 15.3. The van der Waals surface area contributed by atoms with Crippen LogP contribution in [-0.4, -0.2) is 38.6 Å². The van der Waals surface area contributed by atoms with Crippen LogP contribution in [0.25, 0.3) is 0 Å². The fraction of sp³-hybridized carbons (Fsp3) is 0.194. The molecule has 0 radical (unpaired) electrons. The van der Waals surface area contributed by atoms with Crippen molar-refractivity contribution in [2.75, 3.05) is 23.7 Å². The Labute approximate surface area is 235 Å². The van der Waals surface area contributed by atoms with Gasteiger partial charge in [-0.25, -0.2) is 8.42 Å². The van der Waals surface area contributed by atoms with Gasteiger partial charge in [-0.3, -0.25) is 9.10 Å². The molecular weight excluding hydrogens is 528 g/mol. The maximum absolute atomic E-state index is 13.9. The van der Waals surface area contributed by atoms with E-state index >= 15 is 0 Å². The summed E-state index contributed by atoms with van der Waals surface area (Å²) < 4.78 is 34.6. The van der Waals surface area contributed by atoms with E-state index in [9.17, 15) is 13.2 Å². The first-order chi connectivity index (χ1) is 18.9. The van der Waals surface area contributed by atoms with Gasteiger partial charge in [0, 0.05) is 18.0 Å². The molecule has 0 unspecified atom stereocenters. The highest BCUT2D eigenvalue weighted by atomic mass is 32.2. The number of anilines is 1. The molecule has 0 saturated carbocycles. The van der Waals surface area contributed by atoms with Crippen LogP contribution in [0.3, 0.4) is 0 Å². The Morgan fingerprint density at radius 1 is 0.769 bits per heavy atom. The summed E-state index contributed by atoms with van der Waals surface area (Å²) in [5.41, 5.74) is 2.31. The molecule has 0 spiro atoms. The fourth-order valence-corrected chi connectivity index (χ4v) is 5.95. The number of nitrogens with zero attached hydrogens (tertiary/aromatic N) is 2. The second kappa shape index (κ2) is 13.4. The van der Waals surface area contributed by atoms with Gasteiger partial charge < -0.3 is 9.64 Å². The lowest BCUT2D eigenvalue weighted by Crippen LogP contribution is -2.42. The van der Waals surface area contributed by atoms with Crippen LogP contribution in [-0.2, 0) is 27.9 Å². The number of carbonyl (C=O) groups is 1. The van der Waals surface area contributed by atoms with Crippen LogP contribution in [0.1, 0.15) is 18.1 Å². The number of hydrogen-bond acceptors (Lipinski definition) is 5. The van der Waals surface area contributed by atoms with Gasteiger partial charge in [-0.05, 0) is 72.8 Å². The smallest absolute Gasteiger partial charge is 0.264 e. The number of amides is 1. The molecule has 8 heteroatoms. The number of benzene rings is 4. The molecule has 0 atom stereocenters. The minimum atomic E-state index is -4.04. The van der Waals surface area contributed by atoms with E-state index in [0.29, 0.717) is 31.1 Å². The number of sulfonamides is 1. The summed E-state index contributed by atoms with van der Waals surface area (Å²) in [6.45, 7) is 2.74. The molecule has 0 N–H and O–H groups in total. The van der Waals surface area contributed by atoms with Crippen molar-refractivity contribution < 1.29 is 17.9 Å². The lowest BCUT2D eigenvalue weighted by molar-refractivity contribution is -0.130. The maximum Gasteiger partial charge on any atom is 0.264 e. The SMILES string of the molecule is CCOc1ccc(N(CC(=O)N(Cc2ccccc2)Cc2ccccc2)S(=O)(=O)c2ccc(SC)cc2)cc1. The van der Waals surface area contributed by atoms with Crippen molar-refractivity contribution in [1.82, 2.24) is 4.90 Å². The Bertz CT molecular complexity index is 1400. The summed E-state index contributed by atoms with van der Waals surface area (Å²) in [6, 6.07) is 32.9. The van der Waals surface area contributed by atoms with Crippen molar-refractivity contribution in [3.8, 4) is 5.75 Å². The molecular formula is C31H32N2O4S2. The van der Waals surface area contributed by atoms with E-state index in [-0.39, 0.29) is 17.3 Å². The summed E-state index contributed by atoms with van der Waals surface area (Å²) in [5, 5.41) is 0. The van der Waals surface area contributed by atoms with Crippen LogP contribution in [0.4, 0.5) is 5.69 Å². The van der Waals surface area contributed by atoms with Gasteiger partial charge in [-0.15, -0.1) is 11.8 Å². The van der Waals surface area contributed by atoms with Gasteiger partial charge in [-0.2, -0.15) is 0 Å². The van der Waals surface area contributed by atoms with Gasteiger partial charge in [0.25, 0.3) is 10.0 Å². The summed E-state index contributed by atoms with van der Waals surface area (Å²) in [4.78, 5) is 16.6. The molecule has 1 amide bonds. The second-order valence-electron chi connectivity index (χ2n) is 8.84. The Kier molecular flexibility index (Phi) is 9.68. The van der Waals surface area contributed by atoms with Crippen molar-refractivity contribution in [3.05, 3.63) is 120 Å². The van der Waals surface area contributed by atoms with Crippen LogP contribution < -0.4 is 9.04 Å². The molecule has 39 heavy (non-hydrogen) atoms. The van der Waals surface area contributed by atoms with Crippen molar-refractivity contribution in [3.63, 3.8) is 0 Å². The molecule has 0 saturated heterocycles. The third-order valence-electron chi connectivity index (χ3n) is 6.15. The predicted molar refractivity (Wildman–Crippen MR) is 158 cm³/mol. The lowest BCUT2D eigenvalue weighted by atomic mass is 10.1. The molecule has 0 aliphatic rings. The predicted octanol–water partition coefficient (Wildman–Crippen LogP) is 6.23. The van der Waals surface area contributed by atoms with Gasteiger partial charge in [0.2, 0.25) is 5.91 Å². The van der Waals surface area contributed by atoms with Crippen LogP contribution in [0, 0.1) is 0 Å². The number of rotatable bonds is 12. The van der Waals surface area contributed by atoms with Gasteiger partial charge in [0.1, 0.15) is 12.3 Å². The minimum Gasteiger partial charge on any atom is -0.494 e. The normalized spacial score (nSPS) is 11.1. The summed E-state index contributed by atoms with van der Waals surface area (Å²) in [5.74, 6) is 0.324. The van der Waals surface area contributed by atoms with Crippen molar-refractivity contribution in [2.24, 2.45) is 0 Å². The lowest BCUT2D eigenvalue weighted by Gasteiger charge is -2.29. The number of ether oxygens (including phenoxy) is 1. The molecule has 0 fully saturated rings. The highest BCUT2D eigenvalue weighted by Crippen LogP contribution is 2.28. The molecule has 6 nitrogen and oxygen atoms in total. The average molecular weight is 561 g/mol. The van der Waals surface area contributed by atoms with Crippen LogP contribution >= 0.6 is 11.8 Å². The highest BCUT2D eigenvalue weighted by molar-refractivity contribution is 7.98. The first-order valence-electron chi connectivity index (χ1n) is 12.7. The van der Waals surface area contributed by atoms with Crippen LogP contribution in [0.5, 0.6) is 5.75 Å². The van der Waals surface area contributed by atoms with Crippen molar-refractivity contribution in [1.29, 1.82) is 0 Å². The van der Waals surface area contributed by atoms with E-state index in [0.717, 1.165) is 16.0 Å². The van der Waals surface area contributed by atoms with E-state index in [2.05, 4.69) is 0 Å². The molecule has 0 aliphatic carbocycles. The van der Waals surface area contributed by atoms with Gasteiger partial charge in [0.15, 0.2) is 0 Å². The van der Waals surface area contributed by atoms with E-state index in [4.69, 9.17) is 4.74 Å².